The highest BCUT2D eigenvalue weighted by Gasteiger charge is 2.29. The second-order valence-corrected chi connectivity index (χ2v) is 9.11. The molecule has 1 unspecified atom stereocenters. The van der Waals surface area contributed by atoms with E-state index >= 15 is 0 Å². The molecule has 0 aromatic heterocycles. The molecule has 2 heteroatoms. The maximum atomic E-state index is 6.39. The van der Waals surface area contributed by atoms with Crippen molar-refractivity contribution in [2.24, 2.45) is 11.7 Å². The van der Waals surface area contributed by atoms with Crippen molar-refractivity contribution in [3.8, 4) is 0 Å². The average Bonchev–Trinajstić information content (AvgIpc) is 2.65. The Morgan fingerprint density at radius 2 is 1.07 bits per heavy atom. The molecule has 27 heavy (non-hydrogen) atoms. The molecule has 0 radical (unpaired) electrons. The second-order valence-electron chi connectivity index (χ2n) is 9.11. The molecule has 0 aromatic carbocycles. The van der Waals surface area contributed by atoms with Gasteiger partial charge in [0.1, 0.15) is 0 Å². The highest BCUT2D eigenvalue weighted by atomic mass is 16.5. The smallest absolute Gasteiger partial charge is 0.0654 e. The standard InChI is InChI=1S/C25H53NO/c1-5-7-9-11-13-14-16-18-23-27-25(3,4)24(21-19-22-26)20-17-15-12-10-8-6-2/h24H,5-23,26H2,1-4H3. The number of ether oxygens (including phenoxy) is 1. The van der Waals surface area contributed by atoms with Gasteiger partial charge in [0.25, 0.3) is 0 Å². The second kappa shape index (κ2) is 19.2. The molecule has 2 nitrogen and oxygen atoms in total. The Morgan fingerprint density at radius 3 is 1.59 bits per heavy atom. The van der Waals surface area contributed by atoms with Crippen LogP contribution in [-0.4, -0.2) is 18.8 Å². The molecule has 0 aliphatic carbocycles. The van der Waals surface area contributed by atoms with E-state index in [0.717, 1.165) is 19.6 Å². The molecule has 2 N–H and O–H groups in total. The fourth-order valence-electron chi connectivity index (χ4n) is 4.06. The molecule has 164 valence electrons. The summed E-state index contributed by atoms with van der Waals surface area (Å²) in [5, 5.41) is 0. The first-order valence-electron chi connectivity index (χ1n) is 12.4. The lowest BCUT2D eigenvalue weighted by Crippen LogP contribution is -2.35. The van der Waals surface area contributed by atoms with Crippen LogP contribution in [0.15, 0.2) is 0 Å². The van der Waals surface area contributed by atoms with Gasteiger partial charge in [-0.25, -0.2) is 0 Å². The highest BCUT2D eigenvalue weighted by molar-refractivity contribution is 4.80. The fourth-order valence-corrected chi connectivity index (χ4v) is 4.06. The summed E-state index contributed by atoms with van der Waals surface area (Å²) < 4.78 is 6.39. The SMILES string of the molecule is CCCCCCCCCCOC(C)(C)C(CCCN)CCCCCCCC. The van der Waals surface area contributed by atoms with Gasteiger partial charge in [-0.1, -0.05) is 97.3 Å². The summed E-state index contributed by atoms with van der Waals surface area (Å²) in [7, 11) is 0. The Bertz CT molecular complexity index is 290. The van der Waals surface area contributed by atoms with Crippen LogP contribution in [0.4, 0.5) is 0 Å². The van der Waals surface area contributed by atoms with E-state index in [9.17, 15) is 0 Å². The Balaban J connectivity index is 3.97. The zero-order valence-electron chi connectivity index (χ0n) is 19.5. The lowest BCUT2D eigenvalue weighted by molar-refractivity contribution is -0.0671. The van der Waals surface area contributed by atoms with Crippen LogP contribution in [0.3, 0.4) is 0 Å². The summed E-state index contributed by atoms with van der Waals surface area (Å²) in [4.78, 5) is 0. The van der Waals surface area contributed by atoms with Gasteiger partial charge in [0.15, 0.2) is 0 Å². The van der Waals surface area contributed by atoms with Gasteiger partial charge in [-0.2, -0.15) is 0 Å². The van der Waals surface area contributed by atoms with Crippen molar-refractivity contribution in [3.63, 3.8) is 0 Å². The number of rotatable bonds is 21. The van der Waals surface area contributed by atoms with E-state index in [2.05, 4.69) is 27.7 Å². The minimum absolute atomic E-state index is 0.000283. The molecule has 0 saturated heterocycles. The fraction of sp³-hybridized carbons (Fsp3) is 1.00. The summed E-state index contributed by atoms with van der Waals surface area (Å²) in [6, 6.07) is 0. The van der Waals surface area contributed by atoms with E-state index in [1.54, 1.807) is 0 Å². The monoisotopic (exact) mass is 383 g/mol. The van der Waals surface area contributed by atoms with Crippen molar-refractivity contribution in [2.45, 2.75) is 142 Å². The van der Waals surface area contributed by atoms with Gasteiger partial charge in [-0.05, 0) is 52.0 Å². The van der Waals surface area contributed by atoms with Crippen molar-refractivity contribution in [2.75, 3.05) is 13.2 Å². The molecule has 0 heterocycles. The number of hydrogen-bond donors (Lipinski definition) is 1. The van der Waals surface area contributed by atoms with E-state index in [0.29, 0.717) is 5.92 Å². The van der Waals surface area contributed by atoms with Crippen LogP contribution < -0.4 is 5.73 Å². The molecule has 0 aromatic rings. The van der Waals surface area contributed by atoms with Gasteiger partial charge < -0.3 is 10.5 Å². The van der Waals surface area contributed by atoms with Crippen LogP contribution in [0.2, 0.25) is 0 Å². The summed E-state index contributed by atoms with van der Waals surface area (Å²) >= 11 is 0. The van der Waals surface area contributed by atoms with E-state index in [1.807, 2.05) is 0 Å². The first-order valence-corrected chi connectivity index (χ1v) is 12.4. The van der Waals surface area contributed by atoms with Crippen molar-refractivity contribution in [3.05, 3.63) is 0 Å². The first-order chi connectivity index (χ1) is 13.1. The number of nitrogens with two attached hydrogens (primary N) is 1. The van der Waals surface area contributed by atoms with Crippen LogP contribution in [-0.2, 0) is 4.74 Å². The lowest BCUT2D eigenvalue weighted by Gasteiger charge is -2.35. The molecule has 1 atom stereocenters. The molecular formula is C25H53NO. The highest BCUT2D eigenvalue weighted by Crippen LogP contribution is 2.31. The molecule has 0 spiro atoms. The Morgan fingerprint density at radius 1 is 0.630 bits per heavy atom. The van der Waals surface area contributed by atoms with Crippen molar-refractivity contribution < 1.29 is 4.74 Å². The minimum atomic E-state index is -0.000283. The van der Waals surface area contributed by atoms with E-state index in [1.165, 1.54) is 103 Å². The topological polar surface area (TPSA) is 35.2 Å². The van der Waals surface area contributed by atoms with Gasteiger partial charge in [-0.3, -0.25) is 0 Å². The van der Waals surface area contributed by atoms with E-state index in [-0.39, 0.29) is 5.60 Å². The number of hydrogen-bond acceptors (Lipinski definition) is 2. The Kier molecular flexibility index (Phi) is 19.2. The molecule has 0 aliphatic rings. The first kappa shape index (κ1) is 26.9. The summed E-state index contributed by atoms with van der Waals surface area (Å²) in [5.74, 6) is 0.654. The van der Waals surface area contributed by atoms with Crippen LogP contribution in [0.5, 0.6) is 0 Å². The normalized spacial score (nSPS) is 13.2. The molecule has 0 bridgehead atoms. The van der Waals surface area contributed by atoms with Gasteiger partial charge in [-0.15, -0.1) is 0 Å². The Labute approximate surface area is 172 Å². The van der Waals surface area contributed by atoms with Crippen LogP contribution in [0, 0.1) is 5.92 Å². The maximum Gasteiger partial charge on any atom is 0.0654 e. The van der Waals surface area contributed by atoms with Gasteiger partial charge in [0.05, 0.1) is 5.60 Å². The molecule has 0 saturated carbocycles. The van der Waals surface area contributed by atoms with Crippen molar-refractivity contribution >= 4 is 0 Å². The molecule has 0 fully saturated rings. The largest absolute Gasteiger partial charge is 0.375 e. The third kappa shape index (κ3) is 16.6. The molecule has 0 aliphatic heterocycles. The van der Waals surface area contributed by atoms with Crippen LogP contribution in [0.1, 0.15) is 137 Å². The lowest BCUT2D eigenvalue weighted by atomic mass is 9.82. The Hall–Kier alpha value is -0.0800. The third-order valence-corrected chi connectivity index (χ3v) is 6.12. The van der Waals surface area contributed by atoms with Crippen LogP contribution >= 0.6 is 0 Å². The van der Waals surface area contributed by atoms with Gasteiger partial charge in [0, 0.05) is 6.61 Å². The molecule has 0 rings (SSSR count). The molecule has 0 amide bonds. The predicted molar refractivity (Wildman–Crippen MR) is 122 cm³/mol. The average molecular weight is 384 g/mol. The zero-order chi connectivity index (χ0) is 20.2. The molecular weight excluding hydrogens is 330 g/mol. The van der Waals surface area contributed by atoms with Crippen LogP contribution in [0.25, 0.3) is 0 Å². The quantitative estimate of drug-likeness (QED) is 0.204. The van der Waals surface area contributed by atoms with Crippen molar-refractivity contribution in [1.29, 1.82) is 0 Å². The summed E-state index contributed by atoms with van der Waals surface area (Å²) in [6.45, 7) is 10.9. The predicted octanol–water partition coefficient (Wildman–Crippen LogP) is 8.03. The summed E-state index contributed by atoms with van der Waals surface area (Å²) in [6.07, 6.45) is 22.8. The third-order valence-electron chi connectivity index (χ3n) is 6.12. The number of unbranched alkanes of at least 4 members (excludes halogenated alkanes) is 12. The van der Waals surface area contributed by atoms with E-state index < -0.39 is 0 Å². The van der Waals surface area contributed by atoms with Gasteiger partial charge >= 0.3 is 0 Å². The summed E-state index contributed by atoms with van der Waals surface area (Å²) in [5.41, 5.74) is 5.79. The van der Waals surface area contributed by atoms with E-state index in [4.69, 9.17) is 10.5 Å². The van der Waals surface area contributed by atoms with Crippen molar-refractivity contribution in [1.82, 2.24) is 0 Å². The maximum absolute atomic E-state index is 6.39. The van der Waals surface area contributed by atoms with Gasteiger partial charge in [0.2, 0.25) is 0 Å². The zero-order valence-corrected chi connectivity index (χ0v) is 19.5. The minimum Gasteiger partial charge on any atom is -0.375 e.